The number of amides is 4. The van der Waals surface area contributed by atoms with Crippen molar-refractivity contribution in [2.45, 2.75) is 98.8 Å². The predicted molar refractivity (Wildman–Crippen MR) is 182 cm³/mol. The van der Waals surface area contributed by atoms with E-state index in [0.717, 1.165) is 6.54 Å². The number of urea groups is 1. The molecule has 0 aromatic carbocycles. The molecule has 0 spiro atoms. The molecule has 0 radical (unpaired) electrons. The molecule has 1 aromatic heterocycles. The molecule has 4 unspecified atom stereocenters. The Morgan fingerprint density at radius 2 is 1.70 bits per heavy atom. The second kappa shape index (κ2) is 21.6. The van der Waals surface area contributed by atoms with Crippen LogP contribution in [0.2, 0.25) is 0 Å². The second-order valence-electron chi connectivity index (χ2n) is 12.6. The van der Waals surface area contributed by atoms with Gasteiger partial charge in [0.05, 0.1) is 19.2 Å². The molecule has 4 amide bonds. The summed E-state index contributed by atoms with van der Waals surface area (Å²) in [4.78, 5) is 80.7. The summed E-state index contributed by atoms with van der Waals surface area (Å²) in [5.41, 5.74) is -0.616. The van der Waals surface area contributed by atoms with Gasteiger partial charge in [0, 0.05) is 19.2 Å². The van der Waals surface area contributed by atoms with Crippen molar-refractivity contribution in [1.29, 1.82) is 0 Å². The maximum Gasteiger partial charge on any atom is 0.316 e. The van der Waals surface area contributed by atoms with E-state index < -0.39 is 59.0 Å². The minimum atomic E-state index is -1.03. The zero-order valence-corrected chi connectivity index (χ0v) is 29.8. The largest absolute Gasteiger partial charge is 0.481 e. The van der Waals surface area contributed by atoms with Gasteiger partial charge in [0.1, 0.15) is 17.8 Å². The molecule has 2 heterocycles. The molecular weight excluding hydrogens is 604 g/mol. The number of carbonyl (C=O) groups is 6. The van der Waals surface area contributed by atoms with Gasteiger partial charge in [-0.3, -0.25) is 24.0 Å². The molecule has 13 nitrogen and oxygen atoms in total. The van der Waals surface area contributed by atoms with Gasteiger partial charge in [-0.2, -0.15) is 0 Å². The molecule has 47 heavy (non-hydrogen) atoms. The van der Waals surface area contributed by atoms with Crippen LogP contribution in [-0.2, 0) is 19.2 Å². The number of nitrogens with one attached hydrogen (secondary N) is 4. The smallest absolute Gasteiger partial charge is 0.316 e. The molecular formula is C34H56N6O7. The molecule has 2 rings (SSSR count). The highest BCUT2D eigenvalue weighted by atomic mass is 16.5. The fourth-order valence-electron chi connectivity index (χ4n) is 4.42. The Morgan fingerprint density at radius 3 is 2.17 bits per heavy atom. The SMILES string of the molecule is C=CCNC.CCC.COc1cccc(C(=O)C(NC(=O)NC(C(=O)N2CCCC2C(=O)NC(C)C(=O)C=O)C(C)(C)C)C(C)C)n1. The molecule has 0 aliphatic carbocycles. The molecule has 13 heteroatoms. The third-order valence-electron chi connectivity index (χ3n) is 6.90. The molecule has 1 aromatic rings. The Morgan fingerprint density at radius 1 is 1.09 bits per heavy atom. The van der Waals surface area contributed by atoms with Crippen molar-refractivity contribution in [2.75, 3.05) is 27.2 Å². The van der Waals surface area contributed by atoms with E-state index in [1.54, 1.807) is 46.8 Å². The lowest BCUT2D eigenvalue weighted by molar-refractivity contribution is -0.142. The van der Waals surface area contributed by atoms with Gasteiger partial charge in [0.2, 0.25) is 29.3 Å². The Bertz CT molecular complexity index is 1200. The highest BCUT2D eigenvalue weighted by Crippen LogP contribution is 2.26. The molecule has 1 fully saturated rings. The van der Waals surface area contributed by atoms with Crippen LogP contribution in [0.15, 0.2) is 30.9 Å². The van der Waals surface area contributed by atoms with Gasteiger partial charge in [-0.1, -0.05) is 67.0 Å². The standard InChI is InChI=1S/C27H39N5O7.C4H9N.C3H8/c1-15(2)21(22(35)17-10-8-12-20(29-17)39-7)30-26(38)31-23(27(4,5)6)25(37)32-13-9-11-18(32)24(36)28-16(3)19(34)14-33;1-3-4-5-2;1-3-2/h8,10,12,14-16,18,21,23H,9,11,13H2,1-7H3,(H,28,36)(H2,30,31,38);3,5H,1,4H2,2H3;3H2,1-2H3. The third kappa shape index (κ3) is 14.4. The number of rotatable bonds is 13. The van der Waals surface area contributed by atoms with Crippen LogP contribution in [0, 0.1) is 11.3 Å². The number of likely N-dealkylation sites (N-methyl/N-ethyl adjacent to an activating group) is 1. The third-order valence-corrected chi connectivity index (χ3v) is 6.90. The molecule has 4 atom stereocenters. The Kier molecular flexibility index (Phi) is 19.7. The van der Waals surface area contributed by atoms with Crippen LogP contribution in [0.1, 0.15) is 85.1 Å². The van der Waals surface area contributed by atoms with E-state index in [1.165, 1.54) is 31.4 Å². The maximum atomic E-state index is 13.7. The number of pyridine rings is 1. The van der Waals surface area contributed by atoms with Crippen LogP contribution in [0.4, 0.5) is 4.79 Å². The molecule has 0 saturated carbocycles. The summed E-state index contributed by atoms with van der Waals surface area (Å²) >= 11 is 0. The van der Waals surface area contributed by atoms with E-state index in [0.29, 0.717) is 12.8 Å². The number of hydrogen-bond acceptors (Lipinski definition) is 9. The van der Waals surface area contributed by atoms with E-state index >= 15 is 0 Å². The van der Waals surface area contributed by atoms with E-state index in [9.17, 15) is 28.8 Å². The van der Waals surface area contributed by atoms with Crippen LogP contribution >= 0.6 is 0 Å². The first-order valence-corrected chi connectivity index (χ1v) is 16.0. The number of ketones is 2. The average molecular weight is 661 g/mol. The summed E-state index contributed by atoms with van der Waals surface area (Å²) in [5.74, 6) is -2.22. The number of hydrogen-bond donors (Lipinski definition) is 4. The summed E-state index contributed by atoms with van der Waals surface area (Å²) in [7, 11) is 3.33. The van der Waals surface area contributed by atoms with Crippen molar-refractivity contribution >= 4 is 35.7 Å². The molecule has 1 aliphatic heterocycles. The van der Waals surface area contributed by atoms with Crippen molar-refractivity contribution in [1.82, 2.24) is 31.2 Å². The number of Topliss-reactive ketones (excluding diaryl/α,β-unsaturated/α-hetero) is 2. The lowest BCUT2D eigenvalue weighted by atomic mass is 9.85. The lowest BCUT2D eigenvalue weighted by Gasteiger charge is -2.36. The van der Waals surface area contributed by atoms with E-state index in [1.807, 2.05) is 13.1 Å². The average Bonchev–Trinajstić information content (AvgIpc) is 3.52. The van der Waals surface area contributed by atoms with Crippen molar-refractivity contribution in [3.8, 4) is 5.88 Å². The molecule has 1 saturated heterocycles. The normalized spacial score (nSPS) is 15.7. The maximum absolute atomic E-state index is 13.7. The van der Waals surface area contributed by atoms with Crippen LogP contribution in [0.25, 0.3) is 0 Å². The van der Waals surface area contributed by atoms with Crippen molar-refractivity contribution in [3.63, 3.8) is 0 Å². The first-order valence-electron chi connectivity index (χ1n) is 16.0. The number of nitrogens with zero attached hydrogens (tertiary/aromatic N) is 2. The summed E-state index contributed by atoms with van der Waals surface area (Å²) in [6, 6.07) is 0.224. The fourth-order valence-corrected chi connectivity index (χ4v) is 4.42. The number of aldehydes is 1. The number of aromatic nitrogens is 1. The highest BCUT2D eigenvalue weighted by Gasteiger charge is 2.42. The van der Waals surface area contributed by atoms with Gasteiger partial charge < -0.3 is 30.9 Å². The number of carbonyl (C=O) groups excluding carboxylic acids is 6. The van der Waals surface area contributed by atoms with Crippen LogP contribution in [0.3, 0.4) is 0 Å². The topological polar surface area (TPSA) is 176 Å². The summed E-state index contributed by atoms with van der Waals surface area (Å²) < 4.78 is 5.09. The van der Waals surface area contributed by atoms with E-state index in [-0.39, 0.29) is 30.3 Å². The summed E-state index contributed by atoms with van der Waals surface area (Å²) in [5, 5.41) is 10.8. The number of ether oxygens (including phenoxy) is 1. The molecule has 1 aliphatic rings. The predicted octanol–water partition coefficient (Wildman–Crippen LogP) is 3.08. The highest BCUT2D eigenvalue weighted by molar-refractivity contribution is 6.27. The van der Waals surface area contributed by atoms with Crippen molar-refractivity contribution < 1.29 is 33.5 Å². The van der Waals surface area contributed by atoms with Gasteiger partial charge in [-0.25, -0.2) is 9.78 Å². The first kappa shape index (κ1) is 42.9. The zero-order chi connectivity index (χ0) is 36.3. The van der Waals surface area contributed by atoms with Gasteiger partial charge >= 0.3 is 6.03 Å². The Hall–Kier alpha value is -4.13. The van der Waals surface area contributed by atoms with Gasteiger partial charge in [-0.05, 0) is 44.2 Å². The van der Waals surface area contributed by atoms with E-state index in [2.05, 4.69) is 46.7 Å². The Balaban J connectivity index is 0.00000236. The Labute approximate surface area is 280 Å². The first-order chi connectivity index (χ1) is 22.0. The zero-order valence-electron chi connectivity index (χ0n) is 29.8. The summed E-state index contributed by atoms with van der Waals surface area (Å²) in [6.45, 7) is 19.2. The summed E-state index contributed by atoms with van der Waals surface area (Å²) in [6.07, 6.45) is 4.14. The van der Waals surface area contributed by atoms with Crippen molar-refractivity contribution in [2.24, 2.45) is 11.3 Å². The second-order valence-corrected chi connectivity index (χ2v) is 12.6. The quantitative estimate of drug-likeness (QED) is 0.107. The van der Waals surface area contributed by atoms with Gasteiger partial charge in [-0.15, -0.1) is 6.58 Å². The number of likely N-dealkylation sites (tertiary alicyclic amines) is 1. The molecule has 264 valence electrons. The van der Waals surface area contributed by atoms with Gasteiger partial charge in [0.25, 0.3) is 0 Å². The number of methoxy groups -OCH3 is 1. The van der Waals surface area contributed by atoms with Crippen LogP contribution in [0.5, 0.6) is 5.88 Å². The monoisotopic (exact) mass is 660 g/mol. The minimum Gasteiger partial charge on any atom is -0.481 e. The van der Waals surface area contributed by atoms with Crippen LogP contribution < -0.4 is 26.0 Å². The minimum absolute atomic E-state index is 0.130. The van der Waals surface area contributed by atoms with Crippen molar-refractivity contribution in [3.05, 3.63) is 36.5 Å². The molecule has 4 N–H and O–H groups in total. The molecule has 0 bridgehead atoms. The fraction of sp³-hybridized carbons (Fsp3) is 0.618. The lowest BCUT2D eigenvalue weighted by Crippen LogP contribution is -2.61. The van der Waals surface area contributed by atoms with Gasteiger partial charge in [0.15, 0.2) is 6.29 Å². The van der Waals surface area contributed by atoms with E-state index in [4.69, 9.17) is 4.74 Å². The van der Waals surface area contributed by atoms with Crippen LogP contribution in [-0.4, -0.2) is 97.0 Å².